The van der Waals surface area contributed by atoms with Crippen LogP contribution in [0.3, 0.4) is 0 Å². The lowest BCUT2D eigenvalue weighted by Crippen LogP contribution is -2.50. The van der Waals surface area contributed by atoms with Gasteiger partial charge in [-0.1, -0.05) is 18.9 Å². The average Bonchev–Trinajstić information content (AvgIpc) is 3.55. The number of hydrogen-bond donors (Lipinski definition) is 2. The smallest absolute Gasteiger partial charge is 0.329 e. The molecule has 1 aliphatic carbocycles. The Labute approximate surface area is 199 Å². The van der Waals surface area contributed by atoms with E-state index in [0.29, 0.717) is 49.9 Å². The minimum atomic E-state index is -1.04. The number of hydrogen-bond acceptors (Lipinski definition) is 7. The third-order valence-electron chi connectivity index (χ3n) is 6.99. The number of carboxylic acid groups (broad SMARTS) is 1. The molecule has 0 radical (unpaired) electrons. The molecule has 0 atom stereocenters. The fourth-order valence-electron chi connectivity index (χ4n) is 5.01. The maximum absolute atomic E-state index is 12.2. The van der Waals surface area contributed by atoms with Crippen molar-refractivity contribution in [1.82, 2.24) is 0 Å². The fourth-order valence-corrected chi connectivity index (χ4v) is 5.01. The van der Waals surface area contributed by atoms with E-state index in [1.807, 2.05) is 30.3 Å². The Balaban J connectivity index is 1.51. The highest BCUT2D eigenvalue weighted by atomic mass is 16.7. The summed E-state index contributed by atoms with van der Waals surface area (Å²) in [6.45, 7) is 1.42. The van der Waals surface area contributed by atoms with Crippen molar-refractivity contribution in [2.45, 2.75) is 56.8 Å². The minimum Gasteiger partial charge on any atom is -0.497 e. The first kappa shape index (κ1) is 22.8. The third kappa shape index (κ3) is 4.52. The van der Waals surface area contributed by atoms with Gasteiger partial charge in [0.1, 0.15) is 11.3 Å². The van der Waals surface area contributed by atoms with Gasteiger partial charge in [-0.2, -0.15) is 0 Å². The molecule has 5 rings (SSSR count). The van der Waals surface area contributed by atoms with Gasteiger partial charge in [0.2, 0.25) is 6.79 Å². The van der Waals surface area contributed by atoms with Crippen LogP contribution in [-0.2, 0) is 20.9 Å². The van der Waals surface area contributed by atoms with E-state index in [9.17, 15) is 9.90 Å². The van der Waals surface area contributed by atoms with Crippen molar-refractivity contribution in [3.63, 3.8) is 0 Å². The van der Waals surface area contributed by atoms with Gasteiger partial charge in [-0.3, -0.25) is 0 Å². The molecule has 1 saturated carbocycles. The van der Waals surface area contributed by atoms with Gasteiger partial charge >= 0.3 is 5.97 Å². The van der Waals surface area contributed by atoms with E-state index < -0.39 is 11.5 Å². The molecular formula is C26H31NO7. The molecule has 2 fully saturated rings. The van der Waals surface area contributed by atoms with E-state index in [1.54, 1.807) is 7.11 Å². The molecule has 0 spiro atoms. The van der Waals surface area contributed by atoms with Gasteiger partial charge in [-0.15, -0.1) is 0 Å². The van der Waals surface area contributed by atoms with Gasteiger partial charge in [0, 0.05) is 43.4 Å². The molecule has 8 nitrogen and oxygen atoms in total. The van der Waals surface area contributed by atoms with Gasteiger partial charge in [0.15, 0.2) is 11.5 Å². The van der Waals surface area contributed by atoms with Gasteiger partial charge in [-0.25, -0.2) is 4.79 Å². The number of ether oxygens (including phenoxy) is 5. The second kappa shape index (κ2) is 9.72. The van der Waals surface area contributed by atoms with Crippen LogP contribution in [0.4, 0.5) is 5.69 Å². The largest absolute Gasteiger partial charge is 0.497 e. The summed E-state index contributed by atoms with van der Waals surface area (Å²) in [6, 6.07) is 9.65. The lowest BCUT2D eigenvalue weighted by Gasteiger charge is -2.35. The number of fused-ring (bicyclic) bond motifs is 1. The van der Waals surface area contributed by atoms with E-state index in [-0.39, 0.29) is 12.9 Å². The Hall–Kier alpha value is -2.97. The topological polar surface area (TPSA) is 95.5 Å². The van der Waals surface area contributed by atoms with Gasteiger partial charge < -0.3 is 34.1 Å². The van der Waals surface area contributed by atoms with Crippen LogP contribution in [0.5, 0.6) is 17.2 Å². The summed E-state index contributed by atoms with van der Waals surface area (Å²) in [5.74, 6) is 1.14. The summed E-state index contributed by atoms with van der Waals surface area (Å²) < 4.78 is 28.6. The van der Waals surface area contributed by atoms with Crippen LogP contribution in [0, 0.1) is 0 Å². The number of nitrogens with one attached hydrogen (secondary N) is 1. The minimum absolute atomic E-state index is 0.159. The fraction of sp³-hybridized carbons (Fsp3) is 0.500. The van der Waals surface area contributed by atoms with E-state index in [0.717, 1.165) is 35.2 Å². The molecule has 182 valence electrons. The highest BCUT2D eigenvalue weighted by molar-refractivity contribution is 5.84. The molecule has 0 amide bonds. The molecule has 8 heteroatoms. The maximum atomic E-state index is 12.2. The molecular weight excluding hydrogens is 438 g/mol. The van der Waals surface area contributed by atoms with Gasteiger partial charge in [-0.05, 0) is 42.2 Å². The molecule has 3 aliphatic rings. The predicted octanol–water partition coefficient (Wildman–Crippen LogP) is 4.60. The number of carboxylic acids is 1. The van der Waals surface area contributed by atoms with Crippen molar-refractivity contribution in [2.24, 2.45) is 0 Å². The Bertz CT molecular complexity index is 1040. The molecule has 2 aliphatic heterocycles. The summed E-state index contributed by atoms with van der Waals surface area (Å²) in [4.78, 5) is 12.2. The third-order valence-corrected chi connectivity index (χ3v) is 6.99. The van der Waals surface area contributed by atoms with E-state index >= 15 is 0 Å². The Morgan fingerprint density at radius 3 is 2.65 bits per heavy atom. The van der Waals surface area contributed by atoms with Crippen LogP contribution in [0.1, 0.15) is 44.1 Å². The number of methoxy groups -OCH3 is 1. The van der Waals surface area contributed by atoms with Crippen LogP contribution in [0.2, 0.25) is 0 Å². The number of carbonyl (C=O) groups is 1. The molecule has 34 heavy (non-hydrogen) atoms. The van der Waals surface area contributed by atoms with Crippen molar-refractivity contribution in [3.05, 3.63) is 35.9 Å². The van der Waals surface area contributed by atoms with Crippen molar-refractivity contribution in [3.8, 4) is 28.4 Å². The monoisotopic (exact) mass is 469 g/mol. The van der Waals surface area contributed by atoms with Crippen LogP contribution >= 0.6 is 0 Å². The van der Waals surface area contributed by atoms with E-state index in [1.165, 1.54) is 12.8 Å². The zero-order valence-electron chi connectivity index (χ0n) is 19.4. The van der Waals surface area contributed by atoms with E-state index in [4.69, 9.17) is 23.7 Å². The summed E-state index contributed by atoms with van der Waals surface area (Å²) in [5.41, 5.74) is 2.46. The molecule has 2 N–H and O–H groups in total. The SMILES string of the molecule is COc1cc2c(c(-c3ccc(NC4(C(=O)O)CCOCC4)cc3COC3CCCC3)c1)OCO2. The molecule has 2 aromatic carbocycles. The zero-order valence-corrected chi connectivity index (χ0v) is 19.4. The molecule has 0 aromatic heterocycles. The van der Waals surface area contributed by atoms with Gasteiger partial charge in [0.25, 0.3) is 0 Å². The average molecular weight is 470 g/mol. The second-order valence-corrected chi connectivity index (χ2v) is 9.12. The standard InChI is InChI=1S/C26H31NO7/c1-30-20-13-22(24-23(14-20)33-16-34-24)21-7-6-18(12-17(21)15-32-19-4-2-3-5-19)27-26(25(28)29)8-10-31-11-9-26/h6-7,12-14,19,27H,2-5,8-11,15-16H2,1H3,(H,28,29). The summed E-state index contributed by atoms with van der Waals surface area (Å²) >= 11 is 0. The first-order chi connectivity index (χ1) is 16.6. The predicted molar refractivity (Wildman–Crippen MR) is 126 cm³/mol. The summed E-state index contributed by atoms with van der Waals surface area (Å²) in [5, 5.41) is 13.3. The van der Waals surface area contributed by atoms with Crippen molar-refractivity contribution in [1.29, 1.82) is 0 Å². The Morgan fingerprint density at radius 2 is 1.91 bits per heavy atom. The maximum Gasteiger partial charge on any atom is 0.329 e. The second-order valence-electron chi connectivity index (χ2n) is 9.12. The van der Waals surface area contributed by atoms with Crippen LogP contribution < -0.4 is 19.5 Å². The van der Waals surface area contributed by atoms with Crippen molar-refractivity contribution in [2.75, 3.05) is 32.4 Å². The number of benzene rings is 2. The first-order valence-corrected chi connectivity index (χ1v) is 11.9. The highest BCUT2D eigenvalue weighted by Crippen LogP contribution is 2.46. The quantitative estimate of drug-likeness (QED) is 0.579. The number of rotatable bonds is 8. The number of aliphatic carboxylic acids is 1. The molecule has 1 saturated heterocycles. The van der Waals surface area contributed by atoms with E-state index in [2.05, 4.69) is 5.32 Å². The molecule has 2 heterocycles. The first-order valence-electron chi connectivity index (χ1n) is 11.9. The molecule has 2 aromatic rings. The van der Waals surface area contributed by atoms with Crippen LogP contribution in [0.15, 0.2) is 30.3 Å². The van der Waals surface area contributed by atoms with Crippen LogP contribution in [0.25, 0.3) is 11.1 Å². The lowest BCUT2D eigenvalue weighted by molar-refractivity contribution is -0.145. The van der Waals surface area contributed by atoms with Crippen molar-refractivity contribution < 1.29 is 33.6 Å². The summed E-state index contributed by atoms with van der Waals surface area (Å²) in [7, 11) is 1.62. The molecule has 0 bridgehead atoms. The zero-order chi connectivity index (χ0) is 23.5. The lowest BCUT2D eigenvalue weighted by atomic mass is 9.89. The Kier molecular flexibility index (Phi) is 6.52. The molecule has 0 unspecified atom stereocenters. The normalized spacial score (nSPS) is 19.2. The Morgan fingerprint density at radius 1 is 1.12 bits per heavy atom. The number of anilines is 1. The summed E-state index contributed by atoms with van der Waals surface area (Å²) in [6.07, 6.45) is 5.59. The van der Waals surface area contributed by atoms with Crippen LogP contribution in [-0.4, -0.2) is 49.8 Å². The highest BCUT2D eigenvalue weighted by Gasteiger charge is 2.40. The van der Waals surface area contributed by atoms with Gasteiger partial charge in [0.05, 0.1) is 19.8 Å². The van der Waals surface area contributed by atoms with Crippen molar-refractivity contribution >= 4 is 11.7 Å².